The van der Waals surface area contributed by atoms with E-state index in [1.54, 1.807) is 16.9 Å². The van der Waals surface area contributed by atoms with Crippen molar-refractivity contribution in [2.45, 2.75) is 19.8 Å². The molecule has 0 bridgehead atoms. The monoisotopic (exact) mass is 242 g/mol. The number of benzene rings is 1. The highest BCUT2D eigenvalue weighted by molar-refractivity contribution is 5.42. The summed E-state index contributed by atoms with van der Waals surface area (Å²) in [5.74, 6) is 5.89. The van der Waals surface area contributed by atoms with Crippen LogP contribution in [-0.4, -0.2) is 9.78 Å². The molecule has 3 heteroatoms. The van der Waals surface area contributed by atoms with Crippen LogP contribution in [0.3, 0.4) is 0 Å². The molecule has 1 heterocycles. The lowest BCUT2D eigenvalue weighted by Gasteiger charge is -2.06. The third kappa shape index (κ3) is 2.78. The van der Waals surface area contributed by atoms with Gasteiger partial charge in [-0.05, 0) is 23.6 Å². The number of aromatic nitrogens is 2. The van der Waals surface area contributed by atoms with Crippen molar-refractivity contribution in [3.63, 3.8) is 0 Å². The molecule has 92 valence electrons. The van der Waals surface area contributed by atoms with Gasteiger partial charge in [-0.25, -0.2) is 4.39 Å². The third-order valence-electron chi connectivity index (χ3n) is 2.68. The molecule has 2 aromatic rings. The molecule has 0 radical (unpaired) electrons. The quantitative estimate of drug-likeness (QED) is 0.703. The third-order valence-corrected chi connectivity index (χ3v) is 2.68. The van der Waals surface area contributed by atoms with E-state index in [0.29, 0.717) is 5.56 Å². The van der Waals surface area contributed by atoms with E-state index in [1.165, 1.54) is 6.07 Å². The Morgan fingerprint density at radius 2 is 1.94 bits per heavy atom. The average Bonchev–Trinajstić information content (AvgIpc) is 2.72. The number of hydrogen-bond acceptors (Lipinski definition) is 1. The van der Waals surface area contributed by atoms with E-state index in [1.807, 2.05) is 33.2 Å². The van der Waals surface area contributed by atoms with E-state index in [9.17, 15) is 4.39 Å². The second-order valence-corrected chi connectivity index (χ2v) is 4.54. The van der Waals surface area contributed by atoms with E-state index in [4.69, 9.17) is 0 Å². The first-order chi connectivity index (χ1) is 8.56. The Morgan fingerprint density at radius 3 is 2.50 bits per heavy atom. The first-order valence-electron chi connectivity index (χ1n) is 5.86. The van der Waals surface area contributed by atoms with Gasteiger partial charge in [-0.3, -0.25) is 4.68 Å². The predicted molar refractivity (Wildman–Crippen MR) is 69.7 cm³/mol. The number of hydrogen-bond donors (Lipinski definition) is 0. The molecular weight excluding hydrogens is 227 g/mol. The summed E-state index contributed by atoms with van der Waals surface area (Å²) in [6, 6.07) is 5.13. The van der Waals surface area contributed by atoms with Crippen LogP contribution in [0.1, 0.15) is 36.5 Å². The summed E-state index contributed by atoms with van der Waals surface area (Å²) < 4.78 is 15.4. The highest BCUT2D eigenvalue weighted by Gasteiger charge is 2.06. The van der Waals surface area contributed by atoms with Crippen molar-refractivity contribution < 1.29 is 4.39 Å². The van der Waals surface area contributed by atoms with Gasteiger partial charge in [-0.1, -0.05) is 31.8 Å². The first kappa shape index (κ1) is 12.4. The van der Waals surface area contributed by atoms with E-state index >= 15 is 0 Å². The molecule has 0 atom stereocenters. The van der Waals surface area contributed by atoms with Gasteiger partial charge in [0, 0.05) is 18.8 Å². The Morgan fingerprint density at radius 1 is 1.22 bits per heavy atom. The lowest BCUT2D eigenvalue weighted by atomic mass is 10.0. The van der Waals surface area contributed by atoms with Gasteiger partial charge in [0.05, 0.1) is 11.8 Å². The van der Waals surface area contributed by atoms with Gasteiger partial charge in [0.1, 0.15) is 5.82 Å². The molecular formula is C15H15FN2. The van der Waals surface area contributed by atoms with Crippen LogP contribution in [0.25, 0.3) is 0 Å². The lowest BCUT2D eigenvalue weighted by molar-refractivity contribution is 0.598. The minimum Gasteiger partial charge on any atom is -0.275 e. The van der Waals surface area contributed by atoms with E-state index in [-0.39, 0.29) is 11.7 Å². The van der Waals surface area contributed by atoms with Crippen LogP contribution in [0.15, 0.2) is 30.6 Å². The largest absolute Gasteiger partial charge is 0.275 e. The Balaban J connectivity index is 2.26. The standard InChI is InChI=1S/C15H15FN2/c1-11(2)14-7-6-12(8-15(14)16)4-5-13-9-17-18(3)10-13/h6-11H,1-3H3. The van der Waals surface area contributed by atoms with Crippen molar-refractivity contribution in [2.24, 2.45) is 7.05 Å². The van der Waals surface area contributed by atoms with Gasteiger partial charge in [-0.2, -0.15) is 5.10 Å². The zero-order chi connectivity index (χ0) is 13.1. The normalized spacial score (nSPS) is 10.3. The number of halogens is 1. The van der Waals surface area contributed by atoms with Crippen LogP contribution in [0.2, 0.25) is 0 Å². The van der Waals surface area contributed by atoms with Gasteiger partial charge in [0.25, 0.3) is 0 Å². The topological polar surface area (TPSA) is 17.8 Å². The highest BCUT2D eigenvalue weighted by Crippen LogP contribution is 2.18. The van der Waals surface area contributed by atoms with Crippen molar-refractivity contribution in [3.8, 4) is 11.8 Å². The summed E-state index contributed by atoms with van der Waals surface area (Å²) >= 11 is 0. The molecule has 0 saturated carbocycles. The van der Waals surface area contributed by atoms with E-state index in [0.717, 1.165) is 11.1 Å². The van der Waals surface area contributed by atoms with Gasteiger partial charge in [-0.15, -0.1) is 0 Å². The molecule has 2 rings (SSSR count). The molecule has 18 heavy (non-hydrogen) atoms. The van der Waals surface area contributed by atoms with Crippen LogP contribution in [0.5, 0.6) is 0 Å². The smallest absolute Gasteiger partial charge is 0.127 e. The van der Waals surface area contributed by atoms with E-state index in [2.05, 4.69) is 16.9 Å². The van der Waals surface area contributed by atoms with Gasteiger partial charge in [0.15, 0.2) is 0 Å². The fraction of sp³-hybridized carbons (Fsp3) is 0.267. The Hall–Kier alpha value is -2.08. The molecule has 0 aliphatic heterocycles. The Labute approximate surface area is 106 Å². The van der Waals surface area contributed by atoms with Crippen LogP contribution >= 0.6 is 0 Å². The van der Waals surface area contributed by atoms with Crippen LogP contribution < -0.4 is 0 Å². The molecule has 0 spiro atoms. The molecule has 0 saturated heterocycles. The predicted octanol–water partition coefficient (Wildman–Crippen LogP) is 3.08. The highest BCUT2D eigenvalue weighted by atomic mass is 19.1. The molecule has 0 amide bonds. The maximum atomic E-state index is 13.7. The van der Waals surface area contributed by atoms with Crippen molar-refractivity contribution >= 4 is 0 Å². The fourth-order valence-corrected chi connectivity index (χ4v) is 1.70. The summed E-state index contributed by atoms with van der Waals surface area (Å²) in [4.78, 5) is 0. The molecule has 1 aromatic carbocycles. The first-order valence-corrected chi connectivity index (χ1v) is 5.86. The zero-order valence-electron chi connectivity index (χ0n) is 10.7. The minimum absolute atomic E-state index is 0.185. The summed E-state index contributed by atoms with van der Waals surface area (Å²) in [5.41, 5.74) is 2.23. The minimum atomic E-state index is -0.192. The van der Waals surface area contributed by atoms with Crippen molar-refractivity contribution in [2.75, 3.05) is 0 Å². The number of nitrogens with zero attached hydrogens (tertiary/aromatic N) is 2. The van der Waals surface area contributed by atoms with Gasteiger partial charge >= 0.3 is 0 Å². The van der Waals surface area contributed by atoms with Crippen LogP contribution in [0.4, 0.5) is 4.39 Å². The molecule has 0 N–H and O–H groups in total. The Kier molecular flexibility index (Phi) is 3.47. The van der Waals surface area contributed by atoms with Crippen molar-refractivity contribution in [3.05, 3.63) is 53.1 Å². The molecule has 1 aromatic heterocycles. The SMILES string of the molecule is CC(C)c1ccc(C#Cc2cnn(C)c2)cc1F. The number of rotatable bonds is 1. The van der Waals surface area contributed by atoms with Crippen molar-refractivity contribution in [1.82, 2.24) is 9.78 Å². The maximum absolute atomic E-state index is 13.7. The fourth-order valence-electron chi connectivity index (χ4n) is 1.70. The molecule has 0 aliphatic carbocycles. The number of aryl methyl sites for hydroxylation is 1. The zero-order valence-corrected chi connectivity index (χ0v) is 10.7. The van der Waals surface area contributed by atoms with Crippen LogP contribution in [-0.2, 0) is 7.05 Å². The maximum Gasteiger partial charge on any atom is 0.127 e. The lowest BCUT2D eigenvalue weighted by Crippen LogP contribution is -1.93. The molecule has 0 fully saturated rings. The Bertz CT molecular complexity index is 615. The summed E-state index contributed by atoms with van der Waals surface area (Å²) in [5, 5.41) is 4.02. The van der Waals surface area contributed by atoms with Crippen molar-refractivity contribution in [1.29, 1.82) is 0 Å². The average molecular weight is 242 g/mol. The van der Waals surface area contributed by atoms with Crippen LogP contribution in [0, 0.1) is 17.7 Å². The second kappa shape index (κ2) is 5.05. The van der Waals surface area contributed by atoms with E-state index < -0.39 is 0 Å². The van der Waals surface area contributed by atoms with Gasteiger partial charge < -0.3 is 0 Å². The summed E-state index contributed by atoms with van der Waals surface area (Å²) in [6.07, 6.45) is 3.51. The second-order valence-electron chi connectivity index (χ2n) is 4.54. The molecule has 0 aliphatic rings. The summed E-state index contributed by atoms with van der Waals surface area (Å²) in [6.45, 7) is 3.94. The summed E-state index contributed by atoms with van der Waals surface area (Å²) in [7, 11) is 1.84. The molecule has 2 nitrogen and oxygen atoms in total. The van der Waals surface area contributed by atoms with Gasteiger partial charge in [0.2, 0.25) is 0 Å². The molecule has 0 unspecified atom stereocenters.